The monoisotopic (exact) mass is 264 g/mol. The van der Waals surface area contributed by atoms with E-state index >= 15 is 0 Å². The zero-order valence-corrected chi connectivity index (χ0v) is 11.5. The van der Waals surface area contributed by atoms with Gasteiger partial charge in [-0.25, -0.2) is 4.98 Å². The molecule has 2 aromatic rings. The molecule has 0 radical (unpaired) electrons. The Hall–Kier alpha value is -1.53. The Kier molecular flexibility index (Phi) is 4.22. The van der Waals surface area contributed by atoms with Gasteiger partial charge < -0.3 is 10.1 Å². The van der Waals surface area contributed by atoms with Crippen molar-refractivity contribution in [2.75, 3.05) is 13.7 Å². The van der Waals surface area contributed by atoms with Crippen LogP contribution in [0.4, 0.5) is 0 Å². The number of ether oxygens (including phenoxy) is 1. The average molecular weight is 264 g/mol. The molecule has 5 nitrogen and oxygen atoms in total. The van der Waals surface area contributed by atoms with Gasteiger partial charge in [0.2, 0.25) is 5.88 Å². The lowest BCUT2D eigenvalue weighted by molar-refractivity contribution is 0.399. The molecule has 0 aliphatic rings. The summed E-state index contributed by atoms with van der Waals surface area (Å²) in [6.07, 6.45) is 1.70. The summed E-state index contributed by atoms with van der Waals surface area (Å²) >= 11 is 1.56. The molecule has 96 valence electrons. The fourth-order valence-corrected chi connectivity index (χ4v) is 2.51. The molecule has 0 aliphatic carbocycles. The van der Waals surface area contributed by atoms with Crippen LogP contribution in [-0.2, 0) is 0 Å². The molecule has 2 aromatic heterocycles. The van der Waals surface area contributed by atoms with Crippen molar-refractivity contribution in [3.05, 3.63) is 23.3 Å². The fourth-order valence-electron chi connectivity index (χ4n) is 1.63. The van der Waals surface area contributed by atoms with Crippen LogP contribution in [0.3, 0.4) is 0 Å². The molecule has 0 bridgehead atoms. The van der Waals surface area contributed by atoms with Crippen LogP contribution in [0.5, 0.6) is 5.88 Å². The molecule has 0 aliphatic heterocycles. The first kappa shape index (κ1) is 12.9. The van der Waals surface area contributed by atoms with Gasteiger partial charge in [-0.15, -0.1) is 10.2 Å². The van der Waals surface area contributed by atoms with Crippen LogP contribution < -0.4 is 10.1 Å². The van der Waals surface area contributed by atoms with E-state index in [-0.39, 0.29) is 6.04 Å². The maximum atomic E-state index is 5.23. The van der Waals surface area contributed by atoms with Gasteiger partial charge in [0.1, 0.15) is 5.01 Å². The van der Waals surface area contributed by atoms with Crippen molar-refractivity contribution < 1.29 is 4.74 Å². The molecular formula is C12H16N4OS. The molecule has 0 saturated heterocycles. The zero-order chi connectivity index (χ0) is 13.0. The molecule has 1 unspecified atom stereocenters. The Morgan fingerprint density at radius 1 is 1.44 bits per heavy atom. The second kappa shape index (κ2) is 5.88. The number of hydrogen-bond donors (Lipinski definition) is 1. The van der Waals surface area contributed by atoms with Crippen molar-refractivity contribution in [1.82, 2.24) is 20.5 Å². The standard InChI is InChI=1S/C12H16N4OS/c1-4-13-8(2)11-15-16-12(18-11)9-6-5-7-14-10(9)17-3/h5-8,13H,4H2,1-3H3. The lowest BCUT2D eigenvalue weighted by atomic mass is 10.3. The molecule has 1 atom stereocenters. The predicted molar refractivity (Wildman–Crippen MR) is 71.8 cm³/mol. The summed E-state index contributed by atoms with van der Waals surface area (Å²) in [7, 11) is 1.61. The number of aromatic nitrogens is 3. The minimum Gasteiger partial charge on any atom is -0.480 e. The van der Waals surface area contributed by atoms with E-state index in [0.717, 1.165) is 22.1 Å². The highest BCUT2D eigenvalue weighted by atomic mass is 32.1. The quantitative estimate of drug-likeness (QED) is 0.897. The molecule has 6 heteroatoms. The van der Waals surface area contributed by atoms with Gasteiger partial charge >= 0.3 is 0 Å². The Morgan fingerprint density at radius 2 is 2.28 bits per heavy atom. The molecular weight excluding hydrogens is 248 g/mol. The first-order chi connectivity index (χ1) is 8.76. The van der Waals surface area contributed by atoms with Gasteiger partial charge in [0.25, 0.3) is 0 Å². The van der Waals surface area contributed by atoms with Crippen molar-refractivity contribution in [1.29, 1.82) is 0 Å². The Morgan fingerprint density at radius 3 is 3.00 bits per heavy atom. The first-order valence-electron chi connectivity index (χ1n) is 5.82. The summed E-state index contributed by atoms with van der Waals surface area (Å²) in [6.45, 7) is 5.06. The molecule has 18 heavy (non-hydrogen) atoms. The third kappa shape index (κ3) is 2.65. The third-order valence-corrected chi connectivity index (χ3v) is 3.66. The molecule has 1 N–H and O–H groups in total. The summed E-state index contributed by atoms with van der Waals surface area (Å²) < 4.78 is 5.23. The van der Waals surface area contributed by atoms with Gasteiger partial charge in [-0.3, -0.25) is 0 Å². The third-order valence-electron chi connectivity index (χ3n) is 2.52. The van der Waals surface area contributed by atoms with Crippen LogP contribution in [-0.4, -0.2) is 28.8 Å². The van der Waals surface area contributed by atoms with E-state index in [0.29, 0.717) is 5.88 Å². The van der Waals surface area contributed by atoms with Crippen molar-refractivity contribution in [3.8, 4) is 16.5 Å². The largest absolute Gasteiger partial charge is 0.480 e. The molecule has 0 spiro atoms. The summed E-state index contributed by atoms with van der Waals surface area (Å²) in [4.78, 5) is 4.17. The molecule has 2 rings (SSSR count). The molecule has 0 fully saturated rings. The average Bonchev–Trinajstić information content (AvgIpc) is 2.88. The lowest BCUT2D eigenvalue weighted by Crippen LogP contribution is -2.17. The summed E-state index contributed by atoms with van der Waals surface area (Å²) in [6, 6.07) is 4.02. The van der Waals surface area contributed by atoms with Gasteiger partial charge in [0.05, 0.1) is 18.7 Å². The normalized spacial score (nSPS) is 12.4. The van der Waals surface area contributed by atoms with E-state index < -0.39 is 0 Å². The van der Waals surface area contributed by atoms with Gasteiger partial charge in [-0.2, -0.15) is 0 Å². The topological polar surface area (TPSA) is 59.9 Å². The highest BCUT2D eigenvalue weighted by molar-refractivity contribution is 7.14. The SMILES string of the molecule is CCNC(C)c1nnc(-c2cccnc2OC)s1. The van der Waals surface area contributed by atoms with Crippen LogP contribution in [0, 0.1) is 0 Å². The van der Waals surface area contributed by atoms with Gasteiger partial charge in [-0.1, -0.05) is 18.3 Å². The Bertz CT molecular complexity index is 514. The number of nitrogens with zero attached hydrogens (tertiary/aromatic N) is 3. The number of pyridine rings is 1. The van der Waals surface area contributed by atoms with Crippen LogP contribution in [0.15, 0.2) is 18.3 Å². The molecule has 0 aromatic carbocycles. The van der Waals surface area contributed by atoms with Gasteiger partial charge in [-0.05, 0) is 25.6 Å². The fraction of sp³-hybridized carbons (Fsp3) is 0.417. The lowest BCUT2D eigenvalue weighted by Gasteiger charge is -2.06. The van der Waals surface area contributed by atoms with Crippen LogP contribution in [0.2, 0.25) is 0 Å². The minimum atomic E-state index is 0.212. The van der Waals surface area contributed by atoms with E-state index in [1.165, 1.54) is 0 Å². The summed E-state index contributed by atoms with van der Waals surface area (Å²) in [5.41, 5.74) is 0.882. The number of methoxy groups -OCH3 is 1. The van der Waals surface area contributed by atoms with E-state index in [4.69, 9.17) is 4.74 Å². The predicted octanol–water partition coefficient (Wildman–Crippen LogP) is 2.28. The smallest absolute Gasteiger partial charge is 0.223 e. The summed E-state index contributed by atoms with van der Waals surface area (Å²) in [5, 5.41) is 13.5. The highest BCUT2D eigenvalue weighted by Gasteiger charge is 2.15. The Balaban J connectivity index is 2.29. The first-order valence-corrected chi connectivity index (χ1v) is 6.64. The van der Waals surface area contributed by atoms with E-state index in [1.54, 1.807) is 24.6 Å². The molecule has 2 heterocycles. The maximum absolute atomic E-state index is 5.23. The number of hydrogen-bond acceptors (Lipinski definition) is 6. The van der Waals surface area contributed by atoms with Crippen LogP contribution in [0.1, 0.15) is 24.9 Å². The van der Waals surface area contributed by atoms with Gasteiger partial charge in [0, 0.05) is 6.20 Å². The van der Waals surface area contributed by atoms with Crippen molar-refractivity contribution in [2.24, 2.45) is 0 Å². The highest BCUT2D eigenvalue weighted by Crippen LogP contribution is 2.31. The van der Waals surface area contributed by atoms with Crippen LogP contribution in [0.25, 0.3) is 10.6 Å². The minimum absolute atomic E-state index is 0.212. The van der Waals surface area contributed by atoms with Gasteiger partial charge in [0.15, 0.2) is 5.01 Å². The zero-order valence-electron chi connectivity index (χ0n) is 10.7. The van der Waals surface area contributed by atoms with Crippen LogP contribution >= 0.6 is 11.3 Å². The number of rotatable bonds is 5. The number of nitrogens with one attached hydrogen (secondary N) is 1. The van der Waals surface area contributed by atoms with Crippen molar-refractivity contribution >= 4 is 11.3 Å². The molecule has 0 amide bonds. The second-order valence-corrected chi connectivity index (χ2v) is 4.79. The summed E-state index contributed by atoms with van der Waals surface area (Å²) in [5.74, 6) is 0.580. The second-order valence-electron chi connectivity index (χ2n) is 3.79. The molecule has 0 saturated carbocycles. The van der Waals surface area contributed by atoms with E-state index in [1.807, 2.05) is 12.1 Å². The Labute approximate surface area is 110 Å². The van der Waals surface area contributed by atoms with Crippen molar-refractivity contribution in [3.63, 3.8) is 0 Å². The van der Waals surface area contributed by atoms with E-state index in [9.17, 15) is 0 Å². The maximum Gasteiger partial charge on any atom is 0.223 e. The van der Waals surface area contributed by atoms with Crippen molar-refractivity contribution in [2.45, 2.75) is 19.9 Å². The van der Waals surface area contributed by atoms with E-state index in [2.05, 4.69) is 34.3 Å².